The van der Waals surface area contributed by atoms with Crippen LogP contribution in [-0.4, -0.2) is 44.4 Å². The lowest BCUT2D eigenvalue weighted by Crippen LogP contribution is -2.40. The van der Waals surface area contributed by atoms with Crippen LogP contribution in [0.1, 0.15) is 42.2 Å². The molecule has 0 aliphatic carbocycles. The first-order valence-corrected chi connectivity index (χ1v) is 9.99. The van der Waals surface area contributed by atoms with E-state index in [1.165, 1.54) is 17.5 Å². The van der Waals surface area contributed by atoms with Crippen molar-refractivity contribution in [2.75, 3.05) is 13.1 Å². The van der Waals surface area contributed by atoms with Crippen molar-refractivity contribution in [3.8, 4) is 10.6 Å². The second-order valence-corrected chi connectivity index (χ2v) is 7.98. The molecule has 1 aliphatic rings. The molecule has 3 aromatic rings. The Morgan fingerprint density at radius 2 is 2.18 bits per heavy atom. The second kappa shape index (κ2) is 7.29. The average Bonchev–Trinajstić information content (AvgIpc) is 3.31. The Morgan fingerprint density at radius 1 is 1.36 bits per heavy atom. The lowest BCUT2D eigenvalue weighted by molar-refractivity contribution is -0.142. The molecule has 1 unspecified atom stereocenters. The summed E-state index contributed by atoms with van der Waals surface area (Å²) in [4.78, 5) is 19.9. The topological polar surface area (TPSA) is 50.5 Å². The molecular weight excluding hydrogens is 389 g/mol. The number of piperidine rings is 1. The molecule has 28 heavy (non-hydrogen) atoms. The van der Waals surface area contributed by atoms with Gasteiger partial charge in [-0.05, 0) is 43.8 Å². The van der Waals surface area contributed by atoms with Gasteiger partial charge in [-0.1, -0.05) is 12.5 Å². The van der Waals surface area contributed by atoms with Gasteiger partial charge in [0.25, 0.3) is 0 Å². The minimum Gasteiger partial charge on any atom is -0.293 e. The van der Waals surface area contributed by atoms with Crippen molar-refractivity contribution in [1.82, 2.24) is 19.5 Å². The van der Waals surface area contributed by atoms with E-state index in [9.17, 15) is 18.0 Å². The van der Waals surface area contributed by atoms with Crippen LogP contribution in [0.15, 0.2) is 29.8 Å². The van der Waals surface area contributed by atoms with E-state index < -0.39 is 11.9 Å². The minimum absolute atomic E-state index is 0.0483. The molecule has 0 radical (unpaired) electrons. The monoisotopic (exact) mass is 408 g/mol. The first-order chi connectivity index (χ1) is 13.3. The van der Waals surface area contributed by atoms with Crippen LogP contribution in [0.3, 0.4) is 0 Å². The maximum atomic E-state index is 13.6. The summed E-state index contributed by atoms with van der Waals surface area (Å²) >= 11 is 1.30. The largest absolute Gasteiger partial charge is 0.433 e. The zero-order valence-electron chi connectivity index (χ0n) is 15.2. The number of nitrogens with zero attached hydrogens (tertiary/aromatic N) is 4. The molecular formula is C19H19F3N4OS. The van der Waals surface area contributed by atoms with Crippen LogP contribution < -0.4 is 0 Å². The highest BCUT2D eigenvalue weighted by Crippen LogP contribution is 2.34. The third-order valence-electron chi connectivity index (χ3n) is 5.12. The summed E-state index contributed by atoms with van der Waals surface area (Å²) in [5, 5.41) is 5.61. The van der Waals surface area contributed by atoms with Gasteiger partial charge in [0.05, 0.1) is 28.9 Å². The Balaban J connectivity index is 1.77. The van der Waals surface area contributed by atoms with Gasteiger partial charge < -0.3 is 0 Å². The molecule has 4 heterocycles. The number of Topliss-reactive ketones (excluding diaryl/α,β-unsaturated/α-hetero) is 1. The Bertz CT molecular complexity index is 997. The number of halogens is 3. The van der Waals surface area contributed by atoms with Crippen molar-refractivity contribution in [3.63, 3.8) is 0 Å². The van der Waals surface area contributed by atoms with Crippen molar-refractivity contribution in [1.29, 1.82) is 0 Å². The molecule has 0 aromatic carbocycles. The molecule has 9 heteroatoms. The lowest BCUT2D eigenvalue weighted by atomic mass is 10.0. The molecule has 1 saturated heterocycles. The summed E-state index contributed by atoms with van der Waals surface area (Å²) in [6.45, 7) is 3.04. The van der Waals surface area contributed by atoms with E-state index in [2.05, 4.69) is 21.9 Å². The van der Waals surface area contributed by atoms with Gasteiger partial charge in [0, 0.05) is 6.04 Å². The normalized spacial score (nSPS) is 18.6. The number of alkyl halides is 3. The van der Waals surface area contributed by atoms with E-state index in [1.54, 1.807) is 17.5 Å². The molecule has 1 atom stereocenters. The Kier molecular flexibility index (Phi) is 4.96. The predicted molar refractivity (Wildman–Crippen MR) is 101 cm³/mol. The first kappa shape index (κ1) is 19.1. The van der Waals surface area contributed by atoms with Crippen LogP contribution in [0.5, 0.6) is 0 Å². The van der Waals surface area contributed by atoms with Gasteiger partial charge in [-0.2, -0.15) is 18.3 Å². The molecule has 1 fully saturated rings. The number of rotatable bonds is 4. The number of hydrogen-bond donors (Lipinski definition) is 0. The molecule has 148 valence electrons. The van der Waals surface area contributed by atoms with Crippen LogP contribution in [0.4, 0.5) is 13.2 Å². The highest BCUT2D eigenvalue weighted by molar-refractivity contribution is 7.13. The van der Waals surface area contributed by atoms with Crippen molar-refractivity contribution >= 4 is 22.8 Å². The number of carbonyl (C=O) groups excluding carboxylic acids is 1. The van der Waals surface area contributed by atoms with Gasteiger partial charge >= 0.3 is 6.18 Å². The molecule has 3 aromatic heterocycles. The summed E-state index contributed by atoms with van der Waals surface area (Å²) in [5.41, 5.74) is -0.670. The summed E-state index contributed by atoms with van der Waals surface area (Å²) in [6, 6.07) is 4.71. The summed E-state index contributed by atoms with van der Waals surface area (Å²) in [7, 11) is 0. The fraction of sp³-hybridized carbons (Fsp3) is 0.421. The van der Waals surface area contributed by atoms with Crippen molar-refractivity contribution < 1.29 is 18.0 Å². The van der Waals surface area contributed by atoms with Gasteiger partial charge in [-0.15, -0.1) is 11.3 Å². The highest BCUT2D eigenvalue weighted by atomic mass is 32.1. The Morgan fingerprint density at radius 3 is 2.86 bits per heavy atom. The van der Waals surface area contributed by atoms with Gasteiger partial charge in [0.2, 0.25) is 0 Å². The first-order valence-electron chi connectivity index (χ1n) is 9.11. The van der Waals surface area contributed by atoms with E-state index >= 15 is 0 Å². The number of thiophene rings is 1. The van der Waals surface area contributed by atoms with Gasteiger partial charge in [-0.25, -0.2) is 9.50 Å². The minimum atomic E-state index is -4.61. The summed E-state index contributed by atoms with van der Waals surface area (Å²) in [5.74, 6) is -0.257. The van der Waals surface area contributed by atoms with Gasteiger partial charge in [0.1, 0.15) is 0 Å². The molecule has 4 rings (SSSR count). The quantitative estimate of drug-likeness (QED) is 0.595. The van der Waals surface area contributed by atoms with E-state index in [1.807, 2.05) is 0 Å². The SMILES string of the molecule is CC1CCCCN1CC(=O)c1cnn2c(C(F)(F)F)cc(-c3cccs3)nc12. The Labute approximate surface area is 163 Å². The van der Waals surface area contributed by atoms with Crippen LogP contribution in [0.2, 0.25) is 0 Å². The molecule has 0 bridgehead atoms. The van der Waals surface area contributed by atoms with Gasteiger partial charge in [0.15, 0.2) is 17.1 Å². The van der Waals surface area contributed by atoms with Crippen molar-refractivity contribution in [2.24, 2.45) is 0 Å². The van der Waals surface area contributed by atoms with Crippen molar-refractivity contribution in [2.45, 2.75) is 38.4 Å². The van der Waals surface area contributed by atoms with E-state index in [0.717, 1.165) is 36.4 Å². The maximum Gasteiger partial charge on any atom is 0.433 e. The highest BCUT2D eigenvalue weighted by Gasteiger charge is 2.36. The molecule has 1 aliphatic heterocycles. The fourth-order valence-corrected chi connectivity index (χ4v) is 4.26. The van der Waals surface area contributed by atoms with Crippen molar-refractivity contribution in [3.05, 3.63) is 41.0 Å². The molecule has 0 saturated carbocycles. The number of aromatic nitrogens is 3. The zero-order valence-corrected chi connectivity index (χ0v) is 16.1. The average molecular weight is 408 g/mol. The predicted octanol–water partition coefficient (Wildman–Crippen LogP) is 4.53. The van der Waals surface area contributed by atoms with Crippen LogP contribution in [-0.2, 0) is 6.18 Å². The van der Waals surface area contributed by atoms with Crippen LogP contribution >= 0.6 is 11.3 Å². The van der Waals surface area contributed by atoms with Crippen LogP contribution in [0.25, 0.3) is 16.2 Å². The molecule has 5 nitrogen and oxygen atoms in total. The standard InChI is InChI=1S/C19H19F3N4OS/c1-12-5-2-3-7-25(12)11-15(27)13-10-23-26-17(19(20,21)22)9-14(24-18(13)26)16-6-4-8-28-16/h4,6,8-10,12H,2-3,5,7,11H2,1H3. The second-order valence-electron chi connectivity index (χ2n) is 7.03. The Hall–Kier alpha value is -2.26. The smallest absolute Gasteiger partial charge is 0.293 e. The molecule has 0 spiro atoms. The summed E-state index contributed by atoms with van der Waals surface area (Å²) in [6.07, 6.45) is -0.247. The van der Waals surface area contributed by atoms with Crippen LogP contribution in [0, 0.1) is 0 Å². The van der Waals surface area contributed by atoms with E-state index in [4.69, 9.17) is 0 Å². The maximum absolute atomic E-state index is 13.6. The zero-order chi connectivity index (χ0) is 19.9. The lowest BCUT2D eigenvalue weighted by Gasteiger charge is -2.32. The fourth-order valence-electron chi connectivity index (χ4n) is 3.57. The number of fused-ring (bicyclic) bond motifs is 1. The number of hydrogen-bond acceptors (Lipinski definition) is 5. The molecule has 0 amide bonds. The third kappa shape index (κ3) is 3.56. The molecule has 0 N–H and O–H groups in total. The van der Waals surface area contributed by atoms with E-state index in [0.29, 0.717) is 4.88 Å². The number of carbonyl (C=O) groups is 1. The van der Waals surface area contributed by atoms with Gasteiger partial charge in [-0.3, -0.25) is 9.69 Å². The third-order valence-corrected chi connectivity index (χ3v) is 6.02. The summed E-state index contributed by atoms with van der Waals surface area (Å²) < 4.78 is 41.5. The number of ketones is 1. The number of likely N-dealkylation sites (tertiary alicyclic amines) is 1. The van der Waals surface area contributed by atoms with E-state index in [-0.39, 0.29) is 35.3 Å².